The van der Waals surface area contributed by atoms with Crippen molar-refractivity contribution in [2.75, 3.05) is 39.3 Å². The summed E-state index contributed by atoms with van der Waals surface area (Å²) in [5, 5.41) is 3.13. The smallest absolute Gasteiger partial charge is 0.317 e. The van der Waals surface area contributed by atoms with Crippen molar-refractivity contribution in [3.63, 3.8) is 0 Å². The van der Waals surface area contributed by atoms with Gasteiger partial charge in [0.25, 0.3) is 0 Å². The zero-order valence-electron chi connectivity index (χ0n) is 16.4. The summed E-state index contributed by atoms with van der Waals surface area (Å²) in [5.74, 6) is 0.231. The van der Waals surface area contributed by atoms with Crippen molar-refractivity contribution in [1.29, 1.82) is 0 Å². The molecule has 0 aromatic carbocycles. The van der Waals surface area contributed by atoms with Crippen LogP contribution in [0, 0.1) is 0 Å². The largest absolute Gasteiger partial charge is 0.341 e. The second-order valence-electron chi connectivity index (χ2n) is 7.42. The molecule has 2 atom stereocenters. The average molecular weight is 374 g/mol. The van der Waals surface area contributed by atoms with E-state index in [-0.39, 0.29) is 24.0 Å². The van der Waals surface area contributed by atoms with Gasteiger partial charge < -0.3 is 15.1 Å². The van der Waals surface area contributed by atoms with Gasteiger partial charge in [-0.05, 0) is 43.9 Å². The van der Waals surface area contributed by atoms with Crippen LogP contribution in [0.25, 0.3) is 0 Å². The Kier molecular flexibility index (Phi) is 6.66. The fourth-order valence-electron chi connectivity index (χ4n) is 3.93. The van der Waals surface area contributed by atoms with Crippen LogP contribution in [0.4, 0.5) is 4.79 Å². The first kappa shape index (κ1) is 19.6. The summed E-state index contributed by atoms with van der Waals surface area (Å²) in [6.45, 7) is 8.60. The summed E-state index contributed by atoms with van der Waals surface area (Å²) in [6, 6.07) is 3.75. The number of aromatic nitrogens is 1. The highest BCUT2D eigenvalue weighted by Crippen LogP contribution is 2.17. The lowest BCUT2D eigenvalue weighted by Gasteiger charge is -2.38. The second-order valence-corrected chi connectivity index (χ2v) is 7.42. The predicted molar refractivity (Wildman–Crippen MR) is 104 cm³/mol. The Hall–Kier alpha value is -2.15. The molecule has 148 valence electrons. The Morgan fingerprint density at radius 3 is 2.26 bits per heavy atom. The van der Waals surface area contributed by atoms with Gasteiger partial charge >= 0.3 is 6.03 Å². The van der Waals surface area contributed by atoms with Crippen molar-refractivity contribution in [2.45, 2.75) is 45.2 Å². The molecule has 1 N–H and O–H groups in total. The molecule has 7 nitrogen and oxygen atoms in total. The molecule has 0 spiro atoms. The minimum Gasteiger partial charge on any atom is -0.341 e. The van der Waals surface area contributed by atoms with E-state index >= 15 is 0 Å². The fraction of sp³-hybridized carbons (Fsp3) is 0.650. The third-order valence-corrected chi connectivity index (χ3v) is 5.74. The van der Waals surface area contributed by atoms with Crippen LogP contribution in [0.2, 0.25) is 0 Å². The molecule has 3 amide bonds. The Bertz CT molecular complexity index is 625. The van der Waals surface area contributed by atoms with Crippen molar-refractivity contribution < 1.29 is 9.59 Å². The molecular weight excluding hydrogens is 342 g/mol. The minimum absolute atomic E-state index is 0.00537. The Morgan fingerprint density at radius 1 is 1.04 bits per heavy atom. The lowest BCUT2D eigenvalue weighted by Crippen LogP contribution is -2.56. The monoisotopic (exact) mass is 373 g/mol. The third-order valence-electron chi connectivity index (χ3n) is 5.74. The lowest BCUT2D eigenvalue weighted by atomic mass is 10.1. The number of nitrogens with zero attached hydrogens (tertiary/aromatic N) is 4. The molecule has 27 heavy (non-hydrogen) atoms. The maximum atomic E-state index is 12.7. The topological polar surface area (TPSA) is 68.8 Å². The quantitative estimate of drug-likeness (QED) is 0.856. The van der Waals surface area contributed by atoms with Crippen molar-refractivity contribution in [3.05, 3.63) is 30.1 Å². The van der Waals surface area contributed by atoms with Crippen molar-refractivity contribution >= 4 is 11.9 Å². The highest BCUT2D eigenvalue weighted by atomic mass is 16.2. The van der Waals surface area contributed by atoms with Gasteiger partial charge in [-0.3, -0.25) is 14.7 Å². The van der Waals surface area contributed by atoms with Crippen LogP contribution in [0.1, 0.15) is 44.7 Å². The number of nitrogens with one attached hydrogen (secondary N) is 1. The van der Waals surface area contributed by atoms with Gasteiger partial charge in [0, 0.05) is 51.7 Å². The highest BCUT2D eigenvalue weighted by Gasteiger charge is 2.31. The number of urea groups is 1. The number of amides is 3. The SMILES string of the molecule is CCC(NC(=O)N1CCN(C(C)C(=O)N2CCCC2)CC1)c1ccncc1. The Morgan fingerprint density at radius 2 is 1.67 bits per heavy atom. The molecule has 0 saturated carbocycles. The minimum atomic E-state index is -0.103. The van der Waals surface area contributed by atoms with Crippen LogP contribution in [0.15, 0.2) is 24.5 Å². The molecular formula is C20H31N5O2. The predicted octanol–water partition coefficient (Wildman–Crippen LogP) is 1.87. The van der Waals surface area contributed by atoms with Crippen LogP contribution in [0.3, 0.4) is 0 Å². The number of hydrogen-bond donors (Lipinski definition) is 1. The van der Waals surface area contributed by atoms with Crippen LogP contribution in [-0.4, -0.2) is 76.9 Å². The average Bonchev–Trinajstić information content (AvgIpc) is 3.26. The van der Waals surface area contributed by atoms with Gasteiger partial charge in [-0.15, -0.1) is 0 Å². The lowest BCUT2D eigenvalue weighted by molar-refractivity contribution is -0.135. The van der Waals surface area contributed by atoms with Gasteiger partial charge in [0.05, 0.1) is 12.1 Å². The van der Waals surface area contributed by atoms with E-state index in [9.17, 15) is 9.59 Å². The number of rotatable bonds is 5. The van der Waals surface area contributed by atoms with E-state index in [1.54, 1.807) is 12.4 Å². The zero-order chi connectivity index (χ0) is 19.2. The normalized spacial score (nSPS) is 20.4. The van der Waals surface area contributed by atoms with Crippen molar-refractivity contribution in [2.24, 2.45) is 0 Å². The van der Waals surface area contributed by atoms with E-state index in [4.69, 9.17) is 0 Å². The molecule has 2 aliphatic heterocycles. The number of piperazine rings is 1. The molecule has 2 saturated heterocycles. The van der Waals surface area contributed by atoms with Crippen molar-refractivity contribution in [1.82, 2.24) is 25.0 Å². The Balaban J connectivity index is 1.49. The van der Waals surface area contributed by atoms with E-state index < -0.39 is 0 Å². The van der Waals surface area contributed by atoms with Gasteiger partial charge in [0.15, 0.2) is 0 Å². The summed E-state index contributed by atoms with van der Waals surface area (Å²) in [4.78, 5) is 35.3. The molecule has 1 aromatic rings. The maximum absolute atomic E-state index is 12.7. The van der Waals surface area contributed by atoms with Crippen molar-refractivity contribution in [3.8, 4) is 0 Å². The maximum Gasteiger partial charge on any atom is 0.317 e. The first-order chi connectivity index (χ1) is 13.1. The molecule has 0 bridgehead atoms. The summed E-state index contributed by atoms with van der Waals surface area (Å²) < 4.78 is 0. The molecule has 0 radical (unpaired) electrons. The van der Waals surface area contributed by atoms with E-state index in [1.807, 2.05) is 28.9 Å². The number of carbonyl (C=O) groups is 2. The molecule has 1 aromatic heterocycles. The number of likely N-dealkylation sites (tertiary alicyclic amines) is 1. The van der Waals surface area contributed by atoms with E-state index in [0.29, 0.717) is 13.1 Å². The molecule has 2 unspecified atom stereocenters. The first-order valence-corrected chi connectivity index (χ1v) is 10.1. The molecule has 0 aliphatic carbocycles. The second kappa shape index (κ2) is 9.17. The number of pyridine rings is 1. The summed E-state index contributed by atoms with van der Waals surface area (Å²) in [6.07, 6.45) is 6.56. The van der Waals surface area contributed by atoms with E-state index in [2.05, 4.69) is 22.1 Å². The summed E-state index contributed by atoms with van der Waals surface area (Å²) in [5.41, 5.74) is 1.07. The summed E-state index contributed by atoms with van der Waals surface area (Å²) in [7, 11) is 0. The van der Waals surface area contributed by atoms with Gasteiger partial charge in [0.2, 0.25) is 5.91 Å². The fourth-order valence-corrected chi connectivity index (χ4v) is 3.93. The van der Waals surface area contributed by atoms with Crippen LogP contribution in [-0.2, 0) is 4.79 Å². The first-order valence-electron chi connectivity index (χ1n) is 10.1. The number of carbonyl (C=O) groups excluding carboxylic acids is 2. The van der Waals surface area contributed by atoms with Crippen LogP contribution in [0.5, 0.6) is 0 Å². The third kappa shape index (κ3) is 4.77. The molecule has 3 heterocycles. The zero-order valence-corrected chi connectivity index (χ0v) is 16.4. The number of hydrogen-bond acceptors (Lipinski definition) is 4. The van der Waals surface area contributed by atoms with Gasteiger partial charge in [0.1, 0.15) is 0 Å². The highest BCUT2D eigenvalue weighted by molar-refractivity contribution is 5.81. The van der Waals surface area contributed by atoms with E-state index in [1.165, 1.54) is 0 Å². The van der Waals surface area contributed by atoms with Gasteiger partial charge in [-0.1, -0.05) is 6.92 Å². The van der Waals surface area contributed by atoms with E-state index in [0.717, 1.165) is 51.0 Å². The molecule has 2 aliphatic rings. The standard InChI is InChI=1S/C20H31N5O2/c1-3-18(17-6-8-21-9-7-17)22-20(27)25-14-12-23(13-15-25)16(2)19(26)24-10-4-5-11-24/h6-9,16,18H,3-5,10-15H2,1-2H3,(H,22,27). The van der Waals surface area contributed by atoms with Gasteiger partial charge in [-0.2, -0.15) is 0 Å². The molecule has 3 rings (SSSR count). The Labute approximate surface area is 161 Å². The van der Waals surface area contributed by atoms with Gasteiger partial charge in [-0.25, -0.2) is 4.79 Å². The van der Waals surface area contributed by atoms with Crippen LogP contribution < -0.4 is 5.32 Å². The molecule has 7 heteroatoms. The summed E-state index contributed by atoms with van der Waals surface area (Å²) >= 11 is 0. The molecule has 2 fully saturated rings. The van der Waals surface area contributed by atoms with Crippen LogP contribution >= 0.6 is 0 Å².